The molecule has 3 aromatic heterocycles. The van der Waals surface area contributed by atoms with E-state index in [1.807, 2.05) is 22.7 Å². The second-order valence-corrected chi connectivity index (χ2v) is 18.3. The first-order valence-electron chi connectivity index (χ1n) is 20.3. The third-order valence-electron chi connectivity index (χ3n) is 13.1. The van der Waals surface area contributed by atoms with Crippen LogP contribution in [0.1, 0.15) is 49.3 Å². The molecule has 274 valence electrons. The quantitative estimate of drug-likeness (QED) is 0.166. The predicted molar refractivity (Wildman–Crippen MR) is 247 cm³/mol. The normalized spacial score (nSPS) is 21.1. The Balaban J connectivity index is 1.12. The Morgan fingerprint density at radius 2 is 1.21 bits per heavy atom. The van der Waals surface area contributed by atoms with E-state index in [1.165, 1.54) is 95.8 Å². The van der Waals surface area contributed by atoms with Gasteiger partial charge in [0, 0.05) is 73.8 Å². The molecule has 0 amide bonds. The summed E-state index contributed by atoms with van der Waals surface area (Å²) in [7, 11) is 0. The van der Waals surface area contributed by atoms with Crippen molar-refractivity contribution in [3.8, 4) is 5.69 Å². The van der Waals surface area contributed by atoms with E-state index < -0.39 is 0 Å². The molecule has 57 heavy (non-hydrogen) atoms. The van der Waals surface area contributed by atoms with Crippen molar-refractivity contribution in [1.82, 2.24) is 4.57 Å². The topological polar surface area (TPSA) is 17.3 Å². The highest BCUT2D eigenvalue weighted by Crippen LogP contribution is 2.63. The van der Waals surface area contributed by atoms with Crippen LogP contribution in [0.15, 0.2) is 168 Å². The van der Waals surface area contributed by atoms with E-state index in [9.17, 15) is 0 Å². The van der Waals surface area contributed by atoms with E-state index in [0.717, 1.165) is 18.5 Å². The van der Waals surface area contributed by atoms with Crippen molar-refractivity contribution in [1.29, 1.82) is 0 Å². The molecule has 1 aliphatic heterocycles. The number of fused-ring (bicyclic) bond motifs is 10. The summed E-state index contributed by atoms with van der Waals surface area (Å²) >= 11 is 3.85. The van der Waals surface area contributed by atoms with E-state index in [0.29, 0.717) is 23.7 Å². The summed E-state index contributed by atoms with van der Waals surface area (Å²) in [6.45, 7) is 4.75. The SMILES string of the molecule is CCC1C(c2cc(-n3c4ccccc4c4ccccc43)cc3sc4ccccc4c23)=N/C(c2ccccc2)=C(\C)CC2C(c3ccc4c(c3)sc3ccccc34)C12. The molecular formula is C53H40N2S2. The molecule has 1 aliphatic carbocycles. The number of para-hydroxylation sites is 2. The molecule has 1 fully saturated rings. The molecule has 4 unspecified atom stereocenters. The van der Waals surface area contributed by atoms with Gasteiger partial charge >= 0.3 is 0 Å². The number of hydrogen-bond donors (Lipinski definition) is 0. The molecule has 7 aromatic carbocycles. The standard InChI is InChI=1S/C53H40N2S2/c1-3-35-51-41(49(51)33-25-26-39-38-19-9-13-23-45(38)56-47(39)28-33)27-31(2)52(32-15-5-4-6-16-32)54-53(35)42-29-34(30-48-50(42)40-20-10-14-24-46(40)57-48)55-43-21-11-7-17-36(43)37-18-8-12-22-44(37)55/h4-26,28-30,35,41,49,51H,3,27H2,1-2H3/b52-31+,54-53?. The Kier molecular flexibility index (Phi) is 7.52. The second-order valence-electron chi connectivity index (χ2n) is 16.2. The minimum atomic E-state index is 0.292. The minimum absolute atomic E-state index is 0.292. The summed E-state index contributed by atoms with van der Waals surface area (Å²) in [4.78, 5) is 5.97. The zero-order chi connectivity index (χ0) is 37.8. The average Bonchev–Trinajstić information content (AvgIpc) is 3.50. The van der Waals surface area contributed by atoms with Crippen molar-refractivity contribution < 1.29 is 0 Å². The summed E-state index contributed by atoms with van der Waals surface area (Å²) in [6.07, 6.45) is 2.10. The van der Waals surface area contributed by atoms with Crippen LogP contribution in [0.25, 0.3) is 73.5 Å². The molecule has 0 spiro atoms. The maximum absolute atomic E-state index is 5.97. The van der Waals surface area contributed by atoms with Crippen LogP contribution in [0.5, 0.6) is 0 Å². The Morgan fingerprint density at radius 1 is 0.596 bits per heavy atom. The average molecular weight is 769 g/mol. The third kappa shape index (κ3) is 5.10. The van der Waals surface area contributed by atoms with Crippen molar-refractivity contribution in [2.24, 2.45) is 22.7 Å². The van der Waals surface area contributed by atoms with E-state index in [2.05, 4.69) is 176 Å². The van der Waals surface area contributed by atoms with Crippen LogP contribution in [-0.2, 0) is 0 Å². The fourth-order valence-electron chi connectivity index (χ4n) is 10.6. The fraction of sp³-hybridized carbons (Fsp3) is 0.151. The maximum atomic E-state index is 5.97. The Morgan fingerprint density at radius 3 is 1.95 bits per heavy atom. The lowest BCUT2D eigenvalue weighted by Gasteiger charge is -2.24. The van der Waals surface area contributed by atoms with Gasteiger partial charge < -0.3 is 4.57 Å². The monoisotopic (exact) mass is 768 g/mol. The van der Waals surface area contributed by atoms with Gasteiger partial charge in [0.05, 0.1) is 22.4 Å². The highest BCUT2D eigenvalue weighted by molar-refractivity contribution is 7.26. The number of hydrogen-bond acceptors (Lipinski definition) is 3. The first-order chi connectivity index (χ1) is 28.1. The van der Waals surface area contributed by atoms with Crippen LogP contribution < -0.4 is 0 Å². The Hall–Kier alpha value is -5.81. The molecular weight excluding hydrogens is 729 g/mol. The van der Waals surface area contributed by atoms with Crippen LogP contribution in [0.2, 0.25) is 0 Å². The number of rotatable bonds is 5. The van der Waals surface area contributed by atoms with Gasteiger partial charge in [-0.1, -0.05) is 122 Å². The van der Waals surface area contributed by atoms with Crippen LogP contribution in [0, 0.1) is 17.8 Å². The maximum Gasteiger partial charge on any atom is 0.0694 e. The third-order valence-corrected chi connectivity index (χ3v) is 15.3. The van der Waals surface area contributed by atoms with E-state index in [4.69, 9.17) is 4.99 Å². The highest BCUT2D eigenvalue weighted by Gasteiger charge is 2.56. The highest BCUT2D eigenvalue weighted by atomic mass is 32.1. The fourth-order valence-corrected chi connectivity index (χ4v) is 12.9. The van der Waals surface area contributed by atoms with Crippen molar-refractivity contribution in [2.45, 2.75) is 32.6 Å². The van der Waals surface area contributed by atoms with Crippen molar-refractivity contribution in [2.75, 3.05) is 0 Å². The summed E-state index contributed by atoms with van der Waals surface area (Å²) < 4.78 is 7.89. The van der Waals surface area contributed by atoms with Gasteiger partial charge in [-0.25, -0.2) is 0 Å². The van der Waals surface area contributed by atoms with Gasteiger partial charge in [-0.05, 0) is 91.1 Å². The summed E-state index contributed by atoms with van der Waals surface area (Å²) in [5, 5.41) is 7.97. The molecule has 10 aromatic rings. The van der Waals surface area contributed by atoms with Gasteiger partial charge in [0.1, 0.15) is 0 Å². The minimum Gasteiger partial charge on any atom is -0.309 e. The van der Waals surface area contributed by atoms with Crippen LogP contribution in [0.3, 0.4) is 0 Å². The molecule has 0 bridgehead atoms. The summed E-state index contributed by atoms with van der Waals surface area (Å²) in [5.41, 5.74) is 11.4. The molecule has 0 N–H and O–H groups in total. The number of aromatic nitrogens is 1. The predicted octanol–water partition coefficient (Wildman–Crippen LogP) is 15.2. The molecule has 4 heteroatoms. The molecule has 1 saturated carbocycles. The summed E-state index contributed by atoms with van der Waals surface area (Å²) in [6, 6.07) is 58.9. The van der Waals surface area contributed by atoms with E-state index in [1.54, 1.807) is 0 Å². The number of benzene rings is 7. The number of allylic oxidation sites excluding steroid dienone is 1. The van der Waals surface area contributed by atoms with Crippen molar-refractivity contribution in [3.63, 3.8) is 0 Å². The van der Waals surface area contributed by atoms with Crippen molar-refractivity contribution in [3.05, 3.63) is 180 Å². The van der Waals surface area contributed by atoms with Gasteiger partial charge in [-0.3, -0.25) is 4.99 Å². The first kappa shape index (κ1) is 33.3. The first-order valence-corrected chi connectivity index (χ1v) is 22.0. The number of thiophene rings is 2. The molecule has 2 nitrogen and oxygen atoms in total. The molecule has 2 aliphatic rings. The van der Waals surface area contributed by atoms with E-state index in [-0.39, 0.29) is 0 Å². The number of aliphatic imine (C=N–C) groups is 1. The zero-order valence-electron chi connectivity index (χ0n) is 31.9. The van der Waals surface area contributed by atoms with Gasteiger partial charge in [-0.2, -0.15) is 0 Å². The summed E-state index contributed by atoms with van der Waals surface area (Å²) in [5.74, 6) is 1.83. The smallest absolute Gasteiger partial charge is 0.0694 e. The lowest BCUT2D eigenvalue weighted by molar-refractivity contribution is 0.531. The Bertz CT molecular complexity index is 3250. The molecule has 4 atom stereocenters. The van der Waals surface area contributed by atoms with Gasteiger partial charge in [0.2, 0.25) is 0 Å². The molecule has 4 heterocycles. The Labute approximate surface area is 340 Å². The van der Waals surface area contributed by atoms with Gasteiger partial charge in [-0.15, -0.1) is 22.7 Å². The molecule has 12 rings (SSSR count). The lowest BCUT2D eigenvalue weighted by Crippen LogP contribution is -2.21. The van der Waals surface area contributed by atoms with Gasteiger partial charge in [0.25, 0.3) is 0 Å². The van der Waals surface area contributed by atoms with E-state index >= 15 is 0 Å². The largest absolute Gasteiger partial charge is 0.309 e. The molecule has 0 saturated heterocycles. The van der Waals surface area contributed by atoms with Crippen molar-refractivity contribution >= 4 is 96.2 Å². The van der Waals surface area contributed by atoms with Crippen LogP contribution in [0.4, 0.5) is 0 Å². The van der Waals surface area contributed by atoms with Gasteiger partial charge in [0.15, 0.2) is 0 Å². The molecule has 0 radical (unpaired) electrons. The zero-order valence-corrected chi connectivity index (χ0v) is 33.6. The number of nitrogens with zero attached hydrogens (tertiary/aromatic N) is 2. The lowest BCUT2D eigenvalue weighted by atomic mass is 9.84. The van der Waals surface area contributed by atoms with Crippen LogP contribution >= 0.6 is 22.7 Å². The van der Waals surface area contributed by atoms with Crippen LogP contribution in [-0.4, -0.2) is 10.3 Å². The second kappa shape index (κ2) is 12.9.